The highest BCUT2D eigenvalue weighted by Crippen LogP contribution is 2.29. The minimum Gasteiger partial charge on any atom is -0.352 e. The predicted octanol–water partition coefficient (Wildman–Crippen LogP) is 3.18. The number of nitrogens with one attached hydrogen (secondary N) is 4. The summed E-state index contributed by atoms with van der Waals surface area (Å²) in [5.41, 5.74) is -0.366. The quantitative estimate of drug-likeness (QED) is 0.322. The fraction of sp³-hybridized carbons (Fsp3) is 0.444. The highest BCUT2D eigenvalue weighted by molar-refractivity contribution is 7.89. The normalized spacial score (nSPS) is 13.7. The fourth-order valence-electron chi connectivity index (χ4n) is 3.55. The minimum atomic E-state index is -4.54. The summed E-state index contributed by atoms with van der Waals surface area (Å²) in [7, 11) is -4.16. The summed E-state index contributed by atoms with van der Waals surface area (Å²) in [5, 5.41) is 7.61. The Kier molecular flexibility index (Phi) is 10.9. The molecule has 4 N–H and O–H groups in total. The number of sulfonamides is 1. The van der Waals surface area contributed by atoms with E-state index in [1.165, 1.54) is 31.2 Å². The van der Waals surface area contributed by atoms with E-state index < -0.39 is 57.1 Å². The number of hydrogen-bond donors (Lipinski definition) is 4. The number of alkyl halides is 3. The fourth-order valence-corrected chi connectivity index (χ4v) is 4.78. The van der Waals surface area contributed by atoms with Crippen LogP contribution in [-0.4, -0.2) is 43.8 Å². The molecule has 0 aliphatic rings. The van der Waals surface area contributed by atoms with E-state index in [0.717, 1.165) is 17.7 Å². The van der Waals surface area contributed by atoms with Crippen molar-refractivity contribution in [2.75, 3.05) is 0 Å². The molecule has 0 aromatic heterocycles. The monoisotopic (exact) mass is 584 g/mol. The van der Waals surface area contributed by atoms with Crippen LogP contribution in [0.3, 0.4) is 0 Å². The van der Waals surface area contributed by atoms with Crippen molar-refractivity contribution < 1.29 is 36.0 Å². The van der Waals surface area contributed by atoms with Crippen LogP contribution < -0.4 is 20.7 Å². The van der Waals surface area contributed by atoms with Gasteiger partial charge in [0.05, 0.1) is 10.5 Å². The predicted molar refractivity (Wildman–Crippen MR) is 143 cm³/mol. The summed E-state index contributed by atoms with van der Waals surface area (Å²) in [5.74, 6) is -1.94. The van der Waals surface area contributed by atoms with E-state index in [4.69, 9.17) is 0 Å². The summed E-state index contributed by atoms with van der Waals surface area (Å²) in [6.07, 6.45) is -4.91. The highest BCUT2D eigenvalue weighted by Gasteiger charge is 2.31. The Morgan fingerprint density at radius 3 is 2.15 bits per heavy atom. The summed E-state index contributed by atoms with van der Waals surface area (Å²) in [6.45, 7) is 8.22. The second kappa shape index (κ2) is 13.3. The zero-order valence-corrected chi connectivity index (χ0v) is 23.8. The Bertz CT molecular complexity index is 1310. The van der Waals surface area contributed by atoms with Crippen LogP contribution in [0.4, 0.5) is 13.2 Å². The smallest absolute Gasteiger partial charge is 0.352 e. The van der Waals surface area contributed by atoms with Crippen molar-refractivity contribution in [2.24, 2.45) is 0 Å². The van der Waals surface area contributed by atoms with E-state index >= 15 is 0 Å². The first kappa shape index (κ1) is 32.8. The van der Waals surface area contributed by atoms with Gasteiger partial charge in [-0.05, 0) is 70.9 Å². The van der Waals surface area contributed by atoms with Crippen molar-refractivity contribution in [3.63, 3.8) is 0 Å². The summed E-state index contributed by atoms with van der Waals surface area (Å²) < 4.78 is 67.1. The van der Waals surface area contributed by atoms with E-state index in [1.54, 1.807) is 39.8 Å². The molecule has 2 aromatic rings. The van der Waals surface area contributed by atoms with Crippen LogP contribution in [0.1, 0.15) is 57.2 Å². The van der Waals surface area contributed by atoms with Crippen LogP contribution >= 0.6 is 0 Å². The first-order valence-corrected chi connectivity index (χ1v) is 14.0. The molecule has 0 aliphatic carbocycles. The van der Waals surface area contributed by atoms with Crippen LogP contribution in [0.25, 0.3) is 0 Å². The third kappa shape index (κ3) is 10.6. The zero-order chi connectivity index (χ0) is 30.3. The number of halogens is 3. The van der Waals surface area contributed by atoms with Gasteiger partial charge in [0.2, 0.25) is 27.7 Å². The molecule has 0 saturated heterocycles. The molecule has 2 rings (SSSR count). The molecule has 2 atom stereocenters. The third-order valence-electron chi connectivity index (χ3n) is 5.59. The van der Waals surface area contributed by atoms with E-state index in [0.29, 0.717) is 0 Å². The van der Waals surface area contributed by atoms with Gasteiger partial charge in [-0.3, -0.25) is 14.4 Å². The van der Waals surface area contributed by atoms with Crippen molar-refractivity contribution in [3.05, 3.63) is 65.2 Å². The average molecular weight is 585 g/mol. The maximum Gasteiger partial charge on any atom is 0.416 e. The van der Waals surface area contributed by atoms with Crippen molar-refractivity contribution in [1.82, 2.24) is 20.7 Å². The molecule has 0 fully saturated rings. The standard InChI is InChI=1S/C27H35F3N4O5S/c1-17-9-11-21(12-10-17)40(38,39)34-22(13-14-23(35)33-26(3,4)5)25(37)32-18(2)24(36)31-16-19-7-6-8-20(15-19)27(28,29)30/h6-12,15,18,22,34H,13-14,16H2,1-5H3,(H,31,36)(H,32,37)(H,33,35). The van der Waals surface area contributed by atoms with Crippen molar-refractivity contribution >= 4 is 27.7 Å². The number of carbonyl (C=O) groups is 3. The topological polar surface area (TPSA) is 133 Å². The van der Waals surface area contributed by atoms with Crippen LogP contribution in [0, 0.1) is 6.92 Å². The number of rotatable bonds is 11. The largest absolute Gasteiger partial charge is 0.416 e. The van der Waals surface area contributed by atoms with Gasteiger partial charge in [-0.2, -0.15) is 17.9 Å². The van der Waals surface area contributed by atoms with Crippen molar-refractivity contribution in [3.8, 4) is 0 Å². The lowest BCUT2D eigenvalue weighted by molar-refractivity contribution is -0.137. The molecule has 0 bridgehead atoms. The molecular formula is C27H35F3N4O5S. The van der Waals surface area contributed by atoms with Gasteiger partial charge in [0.1, 0.15) is 12.1 Å². The second-order valence-electron chi connectivity index (χ2n) is 10.5. The molecule has 3 amide bonds. The maximum absolute atomic E-state index is 13.1. The summed E-state index contributed by atoms with van der Waals surface area (Å²) >= 11 is 0. The lowest BCUT2D eigenvalue weighted by Gasteiger charge is -2.23. The van der Waals surface area contributed by atoms with Gasteiger partial charge in [-0.1, -0.05) is 29.8 Å². The van der Waals surface area contributed by atoms with Crippen molar-refractivity contribution in [2.45, 2.75) is 82.7 Å². The molecule has 40 heavy (non-hydrogen) atoms. The molecule has 0 heterocycles. The number of aryl methyl sites for hydroxylation is 1. The molecular weight excluding hydrogens is 549 g/mol. The Balaban J connectivity index is 2.11. The maximum atomic E-state index is 13.1. The molecule has 220 valence electrons. The van der Waals surface area contributed by atoms with Crippen LogP contribution in [0.5, 0.6) is 0 Å². The molecule has 9 nitrogen and oxygen atoms in total. The van der Waals surface area contributed by atoms with Gasteiger partial charge in [-0.15, -0.1) is 0 Å². The number of hydrogen-bond acceptors (Lipinski definition) is 5. The van der Waals surface area contributed by atoms with E-state index in [2.05, 4.69) is 20.7 Å². The average Bonchev–Trinajstić information content (AvgIpc) is 2.83. The highest BCUT2D eigenvalue weighted by atomic mass is 32.2. The SMILES string of the molecule is Cc1ccc(S(=O)(=O)NC(CCC(=O)NC(C)(C)C)C(=O)NC(C)C(=O)NCc2cccc(C(F)(F)F)c2)cc1. The van der Waals surface area contributed by atoms with Crippen LogP contribution in [-0.2, 0) is 37.1 Å². The Morgan fingerprint density at radius 1 is 0.950 bits per heavy atom. The Hall–Kier alpha value is -3.45. The molecule has 0 spiro atoms. The van der Waals surface area contributed by atoms with Gasteiger partial charge in [0, 0.05) is 18.5 Å². The molecule has 2 aromatic carbocycles. The third-order valence-corrected chi connectivity index (χ3v) is 7.08. The van der Waals surface area contributed by atoms with Crippen molar-refractivity contribution in [1.29, 1.82) is 0 Å². The van der Waals surface area contributed by atoms with Gasteiger partial charge in [0.15, 0.2) is 0 Å². The molecule has 0 aliphatic heterocycles. The number of amides is 3. The molecule has 0 radical (unpaired) electrons. The molecule has 13 heteroatoms. The van der Waals surface area contributed by atoms with Crippen LogP contribution in [0.2, 0.25) is 0 Å². The summed E-state index contributed by atoms with van der Waals surface area (Å²) in [4.78, 5) is 37.9. The first-order valence-electron chi connectivity index (χ1n) is 12.5. The summed E-state index contributed by atoms with van der Waals surface area (Å²) in [6, 6.07) is 7.84. The van der Waals surface area contributed by atoms with E-state index in [9.17, 15) is 36.0 Å². The Labute approximate surface area is 232 Å². The zero-order valence-electron chi connectivity index (χ0n) is 23.0. The van der Waals surface area contributed by atoms with E-state index in [1.807, 2.05) is 0 Å². The van der Waals surface area contributed by atoms with E-state index in [-0.39, 0.29) is 29.8 Å². The second-order valence-corrected chi connectivity index (χ2v) is 12.2. The number of benzene rings is 2. The molecule has 2 unspecified atom stereocenters. The lowest BCUT2D eigenvalue weighted by atomic mass is 10.1. The lowest BCUT2D eigenvalue weighted by Crippen LogP contribution is -2.53. The van der Waals surface area contributed by atoms with Gasteiger partial charge >= 0.3 is 6.18 Å². The Morgan fingerprint density at radius 2 is 1.57 bits per heavy atom. The van der Waals surface area contributed by atoms with Crippen LogP contribution in [0.15, 0.2) is 53.4 Å². The molecule has 0 saturated carbocycles. The van der Waals surface area contributed by atoms with Gasteiger partial charge in [0.25, 0.3) is 0 Å². The van der Waals surface area contributed by atoms with Gasteiger partial charge < -0.3 is 16.0 Å². The minimum absolute atomic E-state index is 0.0816. The van der Waals surface area contributed by atoms with Gasteiger partial charge in [-0.25, -0.2) is 8.42 Å². The number of carbonyl (C=O) groups excluding carboxylic acids is 3. The first-order chi connectivity index (χ1) is 18.4.